The topological polar surface area (TPSA) is 72.3 Å². The second kappa shape index (κ2) is 7.05. The fourth-order valence-electron chi connectivity index (χ4n) is 3.27. The maximum absolute atomic E-state index is 12.0. The number of hydrogen-bond acceptors (Lipinski definition) is 3. The lowest BCUT2D eigenvalue weighted by Gasteiger charge is -2.35. The van der Waals surface area contributed by atoms with Gasteiger partial charge in [-0.05, 0) is 25.5 Å². The Labute approximate surface area is 127 Å². The second-order valence-electron chi connectivity index (χ2n) is 6.26. The van der Waals surface area contributed by atoms with Crippen LogP contribution in [0.4, 0.5) is 0 Å². The van der Waals surface area contributed by atoms with Crippen LogP contribution in [-0.4, -0.2) is 30.4 Å². The normalized spacial score (nSPS) is 20.0. The Bertz CT molecular complexity index is 454. The molecular weight excluding hydrogens is 262 g/mol. The molecule has 116 valence electrons. The summed E-state index contributed by atoms with van der Waals surface area (Å²) in [5, 5.41) is 0. The zero-order chi connectivity index (χ0) is 15.3. The van der Waals surface area contributed by atoms with Crippen LogP contribution in [0.3, 0.4) is 0 Å². The van der Waals surface area contributed by atoms with Gasteiger partial charge in [0.2, 0.25) is 5.91 Å². The molecule has 0 aliphatic heterocycles. The van der Waals surface area contributed by atoms with Crippen LogP contribution in [0.15, 0.2) is 30.3 Å². The fourth-order valence-corrected chi connectivity index (χ4v) is 3.27. The van der Waals surface area contributed by atoms with E-state index in [9.17, 15) is 4.79 Å². The van der Waals surface area contributed by atoms with E-state index in [1.54, 1.807) is 0 Å². The van der Waals surface area contributed by atoms with E-state index in [4.69, 9.17) is 11.5 Å². The number of amides is 1. The van der Waals surface area contributed by atoms with Crippen molar-refractivity contribution in [1.29, 1.82) is 0 Å². The van der Waals surface area contributed by atoms with Crippen molar-refractivity contribution in [3.05, 3.63) is 35.9 Å². The summed E-state index contributed by atoms with van der Waals surface area (Å²) in [6.45, 7) is 0.469. The molecule has 1 aromatic carbocycles. The zero-order valence-electron chi connectivity index (χ0n) is 12.9. The van der Waals surface area contributed by atoms with Crippen molar-refractivity contribution < 1.29 is 4.79 Å². The number of likely N-dealkylation sites (N-methyl/N-ethyl adjacent to an activating group) is 1. The van der Waals surface area contributed by atoms with Gasteiger partial charge in [-0.2, -0.15) is 0 Å². The molecule has 0 heterocycles. The molecule has 1 aliphatic rings. The molecule has 0 saturated heterocycles. The Morgan fingerprint density at radius 2 is 1.76 bits per heavy atom. The van der Waals surface area contributed by atoms with Crippen molar-refractivity contribution in [3.63, 3.8) is 0 Å². The Balaban J connectivity index is 2.14. The standard InChI is InChI=1S/C17H27N3O/c1-20(15-11-7-2-3-8-12-15)13-17(19,16(18)21)14-9-5-4-6-10-14/h4-6,9-10,15H,2-3,7-8,11-13,19H2,1H3,(H2,18,21). The first-order chi connectivity index (χ1) is 10.0. The number of nitrogens with zero attached hydrogens (tertiary/aromatic N) is 1. The van der Waals surface area contributed by atoms with Crippen molar-refractivity contribution in [1.82, 2.24) is 4.90 Å². The molecule has 2 rings (SSSR count). The minimum absolute atomic E-state index is 0.464. The Kier molecular flexibility index (Phi) is 5.37. The number of carbonyl (C=O) groups excluding carboxylic acids is 1. The maximum Gasteiger partial charge on any atom is 0.243 e. The van der Waals surface area contributed by atoms with E-state index in [-0.39, 0.29) is 0 Å². The molecule has 1 aromatic rings. The first kappa shape index (κ1) is 16.0. The van der Waals surface area contributed by atoms with Gasteiger partial charge in [0, 0.05) is 12.6 Å². The highest BCUT2D eigenvalue weighted by molar-refractivity contribution is 5.86. The highest BCUT2D eigenvalue weighted by atomic mass is 16.1. The first-order valence-electron chi connectivity index (χ1n) is 7.88. The molecule has 4 nitrogen and oxygen atoms in total. The second-order valence-corrected chi connectivity index (χ2v) is 6.26. The Morgan fingerprint density at radius 3 is 2.29 bits per heavy atom. The summed E-state index contributed by atoms with van der Waals surface area (Å²) < 4.78 is 0. The van der Waals surface area contributed by atoms with E-state index in [1.165, 1.54) is 38.5 Å². The predicted molar refractivity (Wildman–Crippen MR) is 85.6 cm³/mol. The minimum Gasteiger partial charge on any atom is -0.368 e. The molecule has 0 bridgehead atoms. The lowest BCUT2D eigenvalue weighted by molar-refractivity contribution is -0.124. The number of hydrogen-bond donors (Lipinski definition) is 2. The van der Waals surface area contributed by atoms with Gasteiger partial charge < -0.3 is 16.4 Å². The van der Waals surface area contributed by atoms with E-state index in [0.717, 1.165) is 5.56 Å². The molecule has 21 heavy (non-hydrogen) atoms. The van der Waals surface area contributed by atoms with Gasteiger partial charge in [0.1, 0.15) is 5.54 Å². The SMILES string of the molecule is CN(CC(N)(C(N)=O)c1ccccc1)C1CCCCCC1. The summed E-state index contributed by atoms with van der Waals surface area (Å²) in [5.74, 6) is -0.464. The fraction of sp³-hybridized carbons (Fsp3) is 0.588. The quantitative estimate of drug-likeness (QED) is 0.814. The summed E-state index contributed by atoms with van der Waals surface area (Å²) in [5.41, 5.74) is 11.7. The van der Waals surface area contributed by atoms with E-state index in [1.807, 2.05) is 30.3 Å². The van der Waals surface area contributed by atoms with Crippen molar-refractivity contribution in [2.75, 3.05) is 13.6 Å². The number of carbonyl (C=O) groups is 1. The average molecular weight is 289 g/mol. The molecule has 0 aromatic heterocycles. The van der Waals surface area contributed by atoms with Gasteiger partial charge >= 0.3 is 0 Å². The van der Waals surface area contributed by atoms with Gasteiger partial charge in [-0.25, -0.2) is 0 Å². The summed E-state index contributed by atoms with van der Waals surface area (Å²) >= 11 is 0. The molecule has 1 aliphatic carbocycles. The highest BCUT2D eigenvalue weighted by Crippen LogP contribution is 2.25. The van der Waals surface area contributed by atoms with Crippen LogP contribution < -0.4 is 11.5 Å². The lowest BCUT2D eigenvalue weighted by Crippen LogP contribution is -2.57. The maximum atomic E-state index is 12.0. The largest absolute Gasteiger partial charge is 0.368 e. The van der Waals surface area contributed by atoms with E-state index in [2.05, 4.69) is 11.9 Å². The third kappa shape index (κ3) is 3.83. The number of benzene rings is 1. The summed E-state index contributed by atoms with van der Waals surface area (Å²) in [4.78, 5) is 14.2. The molecular formula is C17H27N3O. The lowest BCUT2D eigenvalue weighted by atomic mass is 9.89. The van der Waals surface area contributed by atoms with Crippen LogP contribution in [0.1, 0.15) is 44.1 Å². The number of primary amides is 1. The average Bonchev–Trinajstić information content (AvgIpc) is 2.77. The van der Waals surface area contributed by atoms with Gasteiger partial charge in [-0.1, -0.05) is 56.0 Å². The van der Waals surface area contributed by atoms with Crippen molar-refractivity contribution >= 4 is 5.91 Å². The zero-order valence-corrected chi connectivity index (χ0v) is 12.9. The molecule has 0 radical (unpaired) electrons. The molecule has 1 fully saturated rings. The van der Waals surface area contributed by atoms with Gasteiger partial charge in [-0.15, -0.1) is 0 Å². The Hall–Kier alpha value is -1.39. The summed E-state index contributed by atoms with van der Waals surface area (Å²) in [7, 11) is 2.06. The van der Waals surface area contributed by atoms with Gasteiger partial charge in [-0.3, -0.25) is 4.79 Å². The van der Waals surface area contributed by atoms with Crippen LogP contribution in [0.25, 0.3) is 0 Å². The molecule has 4 heteroatoms. The molecule has 1 saturated carbocycles. The van der Waals surface area contributed by atoms with Crippen LogP contribution in [0, 0.1) is 0 Å². The van der Waals surface area contributed by atoms with Gasteiger partial charge in [0.15, 0.2) is 0 Å². The molecule has 1 amide bonds. The molecule has 1 atom stereocenters. The Morgan fingerprint density at radius 1 is 1.19 bits per heavy atom. The van der Waals surface area contributed by atoms with Crippen LogP contribution in [-0.2, 0) is 10.3 Å². The summed E-state index contributed by atoms with van der Waals surface area (Å²) in [6.07, 6.45) is 7.50. The smallest absolute Gasteiger partial charge is 0.243 e. The summed E-state index contributed by atoms with van der Waals surface area (Å²) in [6, 6.07) is 9.97. The van der Waals surface area contributed by atoms with Crippen LogP contribution in [0.2, 0.25) is 0 Å². The first-order valence-corrected chi connectivity index (χ1v) is 7.88. The molecule has 4 N–H and O–H groups in total. The molecule has 0 spiro atoms. The van der Waals surface area contributed by atoms with Crippen molar-refractivity contribution in [2.45, 2.75) is 50.1 Å². The third-order valence-electron chi connectivity index (χ3n) is 4.68. The van der Waals surface area contributed by atoms with Gasteiger partial charge in [0.25, 0.3) is 0 Å². The monoisotopic (exact) mass is 289 g/mol. The van der Waals surface area contributed by atoms with E-state index in [0.29, 0.717) is 12.6 Å². The number of nitrogens with two attached hydrogens (primary N) is 2. The van der Waals surface area contributed by atoms with Gasteiger partial charge in [0.05, 0.1) is 0 Å². The van der Waals surface area contributed by atoms with E-state index < -0.39 is 11.4 Å². The van der Waals surface area contributed by atoms with Crippen LogP contribution >= 0.6 is 0 Å². The number of rotatable bonds is 5. The molecule has 1 unspecified atom stereocenters. The van der Waals surface area contributed by atoms with Crippen LogP contribution in [0.5, 0.6) is 0 Å². The van der Waals surface area contributed by atoms with Crippen molar-refractivity contribution in [2.24, 2.45) is 11.5 Å². The van der Waals surface area contributed by atoms with E-state index >= 15 is 0 Å². The third-order valence-corrected chi connectivity index (χ3v) is 4.68. The van der Waals surface area contributed by atoms with Crippen molar-refractivity contribution in [3.8, 4) is 0 Å². The highest BCUT2D eigenvalue weighted by Gasteiger charge is 2.36. The minimum atomic E-state index is -1.12. The predicted octanol–water partition coefficient (Wildman–Crippen LogP) is 1.98.